The molecule has 2 rings (SSSR count). The van der Waals surface area contributed by atoms with Gasteiger partial charge in [0.05, 0.1) is 12.2 Å². The third-order valence-corrected chi connectivity index (χ3v) is 4.05. The molecule has 0 aliphatic carbocycles. The van der Waals surface area contributed by atoms with E-state index in [1.165, 1.54) is 10.8 Å². The summed E-state index contributed by atoms with van der Waals surface area (Å²) in [6, 6.07) is 0. The monoisotopic (exact) mass is 340 g/mol. The molecule has 1 fully saturated rings. The molecule has 1 aromatic rings. The third kappa shape index (κ3) is 4.31. The van der Waals surface area contributed by atoms with Crippen molar-refractivity contribution in [3.8, 4) is 0 Å². The highest BCUT2D eigenvalue weighted by molar-refractivity contribution is 5.76. The van der Waals surface area contributed by atoms with Crippen LogP contribution in [0.25, 0.3) is 0 Å². The molecule has 0 spiro atoms. The number of rotatable bonds is 7. The van der Waals surface area contributed by atoms with Crippen molar-refractivity contribution in [2.45, 2.75) is 51.0 Å². The SMILES string of the molecule is CC[C@H]1O[C@@H](n2cc(CCC(=O)NCCN)c(=O)[nH]c2=O)CC1O. The molecular formula is C15H24N4O5. The quantitative estimate of drug-likeness (QED) is 0.481. The summed E-state index contributed by atoms with van der Waals surface area (Å²) >= 11 is 0. The fourth-order valence-electron chi connectivity index (χ4n) is 2.72. The van der Waals surface area contributed by atoms with E-state index < -0.39 is 23.6 Å². The van der Waals surface area contributed by atoms with Crippen LogP contribution in [0.2, 0.25) is 0 Å². The maximum absolute atomic E-state index is 12.0. The molecule has 134 valence electrons. The number of carbonyl (C=O) groups excluding carboxylic acids is 1. The fraction of sp³-hybridized carbons (Fsp3) is 0.667. The fourth-order valence-corrected chi connectivity index (χ4v) is 2.72. The minimum Gasteiger partial charge on any atom is -0.390 e. The van der Waals surface area contributed by atoms with E-state index in [1.54, 1.807) is 0 Å². The summed E-state index contributed by atoms with van der Waals surface area (Å²) in [5.74, 6) is -0.212. The van der Waals surface area contributed by atoms with E-state index in [0.717, 1.165) is 0 Å². The molecule has 1 aliphatic heterocycles. The Morgan fingerprint density at radius 3 is 2.92 bits per heavy atom. The molecule has 1 aromatic heterocycles. The van der Waals surface area contributed by atoms with Gasteiger partial charge < -0.3 is 20.9 Å². The lowest BCUT2D eigenvalue weighted by Crippen LogP contribution is -2.35. The smallest absolute Gasteiger partial charge is 0.330 e. The van der Waals surface area contributed by atoms with Gasteiger partial charge in [0.15, 0.2) is 0 Å². The Morgan fingerprint density at radius 1 is 1.54 bits per heavy atom. The number of nitrogens with one attached hydrogen (secondary N) is 2. The van der Waals surface area contributed by atoms with E-state index >= 15 is 0 Å². The zero-order valence-electron chi connectivity index (χ0n) is 13.7. The summed E-state index contributed by atoms with van der Waals surface area (Å²) in [6.45, 7) is 2.61. The number of H-pyrrole nitrogens is 1. The molecule has 9 nitrogen and oxygen atoms in total. The molecular weight excluding hydrogens is 316 g/mol. The molecule has 5 N–H and O–H groups in total. The van der Waals surface area contributed by atoms with Crippen molar-refractivity contribution in [3.63, 3.8) is 0 Å². The number of carbonyl (C=O) groups is 1. The van der Waals surface area contributed by atoms with Crippen molar-refractivity contribution < 1.29 is 14.6 Å². The predicted octanol–water partition coefficient (Wildman–Crippen LogP) is -1.40. The first-order chi connectivity index (χ1) is 11.5. The number of aliphatic hydroxyl groups excluding tert-OH is 1. The Balaban J connectivity index is 2.12. The second-order valence-electron chi connectivity index (χ2n) is 5.80. The molecule has 24 heavy (non-hydrogen) atoms. The van der Waals surface area contributed by atoms with Gasteiger partial charge in [-0.05, 0) is 12.8 Å². The Labute approximate surface area is 138 Å². The van der Waals surface area contributed by atoms with Gasteiger partial charge >= 0.3 is 5.69 Å². The number of nitrogens with two attached hydrogens (primary N) is 1. The van der Waals surface area contributed by atoms with E-state index in [-0.39, 0.29) is 31.3 Å². The number of hydrogen-bond donors (Lipinski definition) is 4. The predicted molar refractivity (Wildman–Crippen MR) is 86.5 cm³/mol. The van der Waals surface area contributed by atoms with Gasteiger partial charge in [-0.25, -0.2) is 4.79 Å². The largest absolute Gasteiger partial charge is 0.390 e. The normalized spacial score (nSPS) is 23.4. The molecule has 9 heteroatoms. The zero-order chi connectivity index (χ0) is 17.7. The maximum atomic E-state index is 12.0. The standard InChI is InChI=1S/C15H24N4O5/c1-2-11-10(20)7-13(24-11)19-8-9(14(22)18-15(19)23)3-4-12(21)17-6-5-16/h8,10-11,13,20H,2-7,16H2,1H3,(H,17,21)(H,18,22,23)/t10?,11-,13-/m1/s1. The van der Waals surface area contributed by atoms with Crippen LogP contribution in [0.1, 0.15) is 38.0 Å². The lowest BCUT2D eigenvalue weighted by atomic mass is 10.1. The van der Waals surface area contributed by atoms with Crippen LogP contribution in [-0.2, 0) is 16.0 Å². The van der Waals surface area contributed by atoms with Crippen LogP contribution in [0.15, 0.2) is 15.8 Å². The number of amides is 1. The molecule has 0 bridgehead atoms. The average molecular weight is 340 g/mol. The number of hydrogen-bond acceptors (Lipinski definition) is 6. The number of aryl methyl sites for hydroxylation is 1. The van der Waals surface area contributed by atoms with E-state index in [1.807, 2.05) is 6.92 Å². The summed E-state index contributed by atoms with van der Waals surface area (Å²) in [4.78, 5) is 37.8. The van der Waals surface area contributed by atoms with Gasteiger partial charge in [-0.1, -0.05) is 6.92 Å². The van der Waals surface area contributed by atoms with Crippen LogP contribution >= 0.6 is 0 Å². The van der Waals surface area contributed by atoms with Gasteiger partial charge in [0.2, 0.25) is 5.91 Å². The molecule has 2 heterocycles. The van der Waals surface area contributed by atoms with Crippen molar-refractivity contribution >= 4 is 5.91 Å². The highest BCUT2D eigenvalue weighted by Gasteiger charge is 2.34. The minimum atomic E-state index is -0.649. The lowest BCUT2D eigenvalue weighted by Gasteiger charge is -2.15. The Bertz CT molecular complexity index is 683. The summed E-state index contributed by atoms with van der Waals surface area (Å²) in [7, 11) is 0. The molecule has 1 unspecified atom stereocenters. The highest BCUT2D eigenvalue weighted by atomic mass is 16.5. The Kier molecular flexibility index (Phi) is 6.29. The van der Waals surface area contributed by atoms with Gasteiger partial charge in [-0.2, -0.15) is 0 Å². The lowest BCUT2D eigenvalue weighted by molar-refractivity contribution is -0.121. The Morgan fingerprint density at radius 2 is 2.29 bits per heavy atom. The number of aromatic amines is 1. The number of nitrogens with zero attached hydrogens (tertiary/aromatic N) is 1. The van der Waals surface area contributed by atoms with Crippen molar-refractivity contribution in [1.82, 2.24) is 14.9 Å². The first-order valence-electron chi connectivity index (χ1n) is 8.10. The van der Waals surface area contributed by atoms with Crippen molar-refractivity contribution in [2.24, 2.45) is 5.73 Å². The third-order valence-electron chi connectivity index (χ3n) is 4.05. The average Bonchev–Trinajstić information content (AvgIpc) is 2.92. The summed E-state index contributed by atoms with van der Waals surface area (Å²) in [5, 5.41) is 12.5. The summed E-state index contributed by atoms with van der Waals surface area (Å²) in [5.41, 5.74) is 4.51. The van der Waals surface area contributed by atoms with Gasteiger partial charge in [0, 0.05) is 37.7 Å². The van der Waals surface area contributed by atoms with Crippen molar-refractivity contribution in [2.75, 3.05) is 13.1 Å². The van der Waals surface area contributed by atoms with Crippen LogP contribution in [0.4, 0.5) is 0 Å². The van der Waals surface area contributed by atoms with Crippen LogP contribution in [-0.4, -0.2) is 45.9 Å². The van der Waals surface area contributed by atoms with Crippen LogP contribution in [0, 0.1) is 0 Å². The highest BCUT2D eigenvalue weighted by Crippen LogP contribution is 2.29. The molecule has 0 radical (unpaired) electrons. The second-order valence-corrected chi connectivity index (χ2v) is 5.80. The molecule has 1 amide bonds. The molecule has 0 aromatic carbocycles. The van der Waals surface area contributed by atoms with E-state index in [0.29, 0.717) is 25.1 Å². The van der Waals surface area contributed by atoms with Crippen molar-refractivity contribution in [3.05, 3.63) is 32.6 Å². The van der Waals surface area contributed by atoms with E-state index in [9.17, 15) is 19.5 Å². The Hall–Kier alpha value is -1.97. The summed E-state index contributed by atoms with van der Waals surface area (Å²) in [6.07, 6.45) is 1.02. The van der Waals surface area contributed by atoms with E-state index in [4.69, 9.17) is 10.5 Å². The molecule has 1 aliphatic rings. The van der Waals surface area contributed by atoms with Gasteiger partial charge in [-0.3, -0.25) is 19.1 Å². The zero-order valence-corrected chi connectivity index (χ0v) is 13.7. The molecule has 0 saturated carbocycles. The minimum absolute atomic E-state index is 0.118. The number of ether oxygens (including phenoxy) is 1. The van der Waals surface area contributed by atoms with Gasteiger partial charge in [0.25, 0.3) is 5.56 Å². The molecule has 3 atom stereocenters. The first-order valence-corrected chi connectivity index (χ1v) is 8.10. The molecule has 1 saturated heterocycles. The van der Waals surface area contributed by atoms with Gasteiger partial charge in [-0.15, -0.1) is 0 Å². The number of aromatic nitrogens is 2. The maximum Gasteiger partial charge on any atom is 0.330 e. The second kappa shape index (κ2) is 8.22. The number of aliphatic hydroxyl groups is 1. The van der Waals surface area contributed by atoms with Crippen LogP contribution in [0.5, 0.6) is 0 Å². The van der Waals surface area contributed by atoms with Crippen molar-refractivity contribution in [1.29, 1.82) is 0 Å². The van der Waals surface area contributed by atoms with E-state index in [2.05, 4.69) is 10.3 Å². The summed E-state index contributed by atoms with van der Waals surface area (Å²) < 4.78 is 6.93. The van der Waals surface area contributed by atoms with Gasteiger partial charge in [0.1, 0.15) is 6.23 Å². The topological polar surface area (TPSA) is 139 Å². The first kappa shape index (κ1) is 18.4. The van der Waals surface area contributed by atoms with Crippen LogP contribution < -0.4 is 22.3 Å². The van der Waals surface area contributed by atoms with Crippen LogP contribution in [0.3, 0.4) is 0 Å².